The molecule has 0 amide bonds. The number of aliphatic hydroxyl groups excluding tert-OH is 1. The van der Waals surface area contributed by atoms with Crippen LogP contribution in [-0.4, -0.2) is 22.8 Å². The molecule has 2 atom stereocenters. The van der Waals surface area contributed by atoms with Gasteiger partial charge in [-0.2, -0.15) is 0 Å². The summed E-state index contributed by atoms with van der Waals surface area (Å²) >= 11 is 0. The van der Waals surface area contributed by atoms with E-state index in [0.717, 1.165) is 12.8 Å². The Morgan fingerprint density at radius 1 is 1.31 bits per heavy atom. The van der Waals surface area contributed by atoms with E-state index >= 15 is 0 Å². The van der Waals surface area contributed by atoms with Crippen molar-refractivity contribution in [2.75, 3.05) is 0 Å². The largest absolute Gasteiger partial charge is 0.392 e. The molecule has 0 aliphatic heterocycles. The van der Waals surface area contributed by atoms with Crippen LogP contribution < -0.4 is 5.32 Å². The first kappa shape index (κ1) is 9.47. The van der Waals surface area contributed by atoms with Crippen LogP contribution in [-0.2, 0) is 0 Å². The smallest absolute Gasteiger partial charge is 0.0693 e. The zero-order valence-electron chi connectivity index (χ0n) is 8.71. The molecule has 2 nitrogen and oxygen atoms in total. The Hall–Kier alpha value is -0.0800. The molecule has 0 aromatic carbocycles. The van der Waals surface area contributed by atoms with Gasteiger partial charge in [0.1, 0.15) is 0 Å². The van der Waals surface area contributed by atoms with E-state index in [4.69, 9.17) is 0 Å². The molecule has 0 saturated heterocycles. The molecule has 2 fully saturated rings. The number of aliphatic hydroxyl groups is 1. The molecule has 0 bridgehead atoms. The first-order valence-electron chi connectivity index (χ1n) is 5.60. The maximum Gasteiger partial charge on any atom is 0.0693 e. The molecule has 0 spiro atoms. The molecule has 0 aromatic heterocycles. The van der Waals surface area contributed by atoms with Crippen LogP contribution in [0.15, 0.2) is 0 Å². The highest BCUT2D eigenvalue weighted by Gasteiger charge is 2.47. The molecule has 0 heterocycles. The minimum absolute atomic E-state index is 0.0868. The molecule has 2 aliphatic carbocycles. The van der Waals surface area contributed by atoms with Crippen molar-refractivity contribution in [3.8, 4) is 0 Å². The Morgan fingerprint density at radius 3 is 2.38 bits per heavy atom. The average molecular weight is 183 g/mol. The van der Waals surface area contributed by atoms with Crippen molar-refractivity contribution >= 4 is 0 Å². The predicted octanol–water partition coefficient (Wildman–Crippen LogP) is 1.68. The van der Waals surface area contributed by atoms with E-state index in [0.29, 0.717) is 17.5 Å². The highest BCUT2D eigenvalue weighted by molar-refractivity contribution is 5.07. The van der Waals surface area contributed by atoms with E-state index in [1.807, 2.05) is 0 Å². The topological polar surface area (TPSA) is 32.3 Å². The third-order valence-electron chi connectivity index (χ3n) is 3.85. The van der Waals surface area contributed by atoms with Crippen LogP contribution in [0.5, 0.6) is 0 Å². The monoisotopic (exact) mass is 183 g/mol. The van der Waals surface area contributed by atoms with Gasteiger partial charge in [-0.15, -0.1) is 0 Å². The lowest BCUT2D eigenvalue weighted by Crippen LogP contribution is -2.46. The molecule has 2 rings (SSSR count). The highest BCUT2D eigenvalue weighted by atomic mass is 16.3. The number of hydrogen-bond acceptors (Lipinski definition) is 2. The fraction of sp³-hybridized carbons (Fsp3) is 1.00. The zero-order chi connectivity index (χ0) is 9.47. The fourth-order valence-corrected chi connectivity index (χ4v) is 2.50. The van der Waals surface area contributed by atoms with Crippen LogP contribution in [0.1, 0.15) is 46.0 Å². The summed E-state index contributed by atoms with van der Waals surface area (Å²) in [5, 5.41) is 13.4. The molecule has 0 aromatic rings. The van der Waals surface area contributed by atoms with Crippen LogP contribution in [0.2, 0.25) is 0 Å². The second-order valence-electron chi connectivity index (χ2n) is 5.06. The van der Waals surface area contributed by atoms with Gasteiger partial charge in [0.15, 0.2) is 0 Å². The first-order chi connectivity index (χ1) is 6.14. The lowest BCUT2D eigenvalue weighted by Gasteiger charge is -2.27. The van der Waals surface area contributed by atoms with Crippen molar-refractivity contribution in [2.45, 2.75) is 63.6 Å². The van der Waals surface area contributed by atoms with Gasteiger partial charge in [0.2, 0.25) is 0 Å². The van der Waals surface area contributed by atoms with Crippen LogP contribution in [0.3, 0.4) is 0 Å². The summed E-state index contributed by atoms with van der Waals surface area (Å²) in [6.45, 7) is 4.56. The van der Waals surface area contributed by atoms with Gasteiger partial charge in [0.25, 0.3) is 0 Å². The zero-order valence-corrected chi connectivity index (χ0v) is 8.71. The molecular formula is C11H21NO. The third kappa shape index (κ3) is 1.75. The van der Waals surface area contributed by atoms with Crippen LogP contribution in [0, 0.1) is 5.92 Å². The lowest BCUT2D eigenvalue weighted by atomic mass is 10.00. The van der Waals surface area contributed by atoms with E-state index in [9.17, 15) is 5.11 Å². The maximum absolute atomic E-state index is 9.70. The van der Waals surface area contributed by atoms with E-state index < -0.39 is 0 Å². The van der Waals surface area contributed by atoms with Gasteiger partial charge < -0.3 is 10.4 Å². The van der Waals surface area contributed by atoms with Gasteiger partial charge in [-0.25, -0.2) is 0 Å². The standard InChI is InChI=1S/C11H21NO/c1-8(2)11(6-7-11)12-9-4-3-5-10(9)13/h8-10,12-13H,3-7H2,1-2H3/t9-,10-/m0/s1. The third-order valence-corrected chi connectivity index (χ3v) is 3.85. The van der Waals surface area contributed by atoms with Crippen LogP contribution in [0.25, 0.3) is 0 Å². The van der Waals surface area contributed by atoms with Gasteiger partial charge in [-0.1, -0.05) is 13.8 Å². The fourth-order valence-electron chi connectivity index (χ4n) is 2.50. The minimum atomic E-state index is -0.0868. The first-order valence-corrected chi connectivity index (χ1v) is 5.60. The Balaban J connectivity index is 1.90. The molecule has 2 N–H and O–H groups in total. The molecule has 0 unspecified atom stereocenters. The second-order valence-corrected chi connectivity index (χ2v) is 5.06. The van der Waals surface area contributed by atoms with Crippen molar-refractivity contribution in [3.63, 3.8) is 0 Å². The average Bonchev–Trinajstić information content (AvgIpc) is 2.74. The van der Waals surface area contributed by atoms with Gasteiger partial charge >= 0.3 is 0 Å². The van der Waals surface area contributed by atoms with Crippen molar-refractivity contribution in [2.24, 2.45) is 5.92 Å². The lowest BCUT2D eigenvalue weighted by molar-refractivity contribution is 0.134. The van der Waals surface area contributed by atoms with Crippen LogP contribution in [0.4, 0.5) is 0 Å². The molecule has 13 heavy (non-hydrogen) atoms. The highest BCUT2D eigenvalue weighted by Crippen LogP contribution is 2.43. The van der Waals surface area contributed by atoms with Gasteiger partial charge in [0, 0.05) is 11.6 Å². The molecule has 2 saturated carbocycles. The van der Waals surface area contributed by atoms with E-state index in [1.165, 1.54) is 19.3 Å². The minimum Gasteiger partial charge on any atom is -0.392 e. The second kappa shape index (κ2) is 3.25. The number of hydrogen-bond donors (Lipinski definition) is 2. The quantitative estimate of drug-likeness (QED) is 0.697. The van der Waals surface area contributed by atoms with Crippen LogP contribution >= 0.6 is 0 Å². The van der Waals surface area contributed by atoms with Crippen molar-refractivity contribution in [1.82, 2.24) is 5.32 Å². The van der Waals surface area contributed by atoms with E-state index in [1.54, 1.807) is 0 Å². The SMILES string of the molecule is CC(C)C1(N[C@H]2CCC[C@@H]2O)CC1. The summed E-state index contributed by atoms with van der Waals surface area (Å²) in [6, 6.07) is 0.380. The summed E-state index contributed by atoms with van der Waals surface area (Å²) < 4.78 is 0. The van der Waals surface area contributed by atoms with E-state index in [2.05, 4.69) is 19.2 Å². The summed E-state index contributed by atoms with van der Waals surface area (Å²) in [4.78, 5) is 0. The Kier molecular flexibility index (Phi) is 2.37. The molecular weight excluding hydrogens is 162 g/mol. The molecule has 2 aliphatic rings. The molecule has 2 heteroatoms. The number of nitrogens with one attached hydrogen (secondary N) is 1. The molecule has 0 radical (unpaired) electrons. The van der Waals surface area contributed by atoms with Crippen molar-refractivity contribution < 1.29 is 5.11 Å². The summed E-state index contributed by atoms with van der Waals surface area (Å²) in [7, 11) is 0. The van der Waals surface area contributed by atoms with E-state index in [-0.39, 0.29) is 6.10 Å². The molecule has 76 valence electrons. The normalized spacial score (nSPS) is 36.9. The van der Waals surface area contributed by atoms with Gasteiger partial charge in [0.05, 0.1) is 6.10 Å². The Labute approximate surface area is 80.7 Å². The van der Waals surface area contributed by atoms with Crippen molar-refractivity contribution in [1.29, 1.82) is 0 Å². The summed E-state index contributed by atoms with van der Waals surface area (Å²) in [5.41, 5.74) is 0.385. The van der Waals surface area contributed by atoms with Crippen molar-refractivity contribution in [3.05, 3.63) is 0 Å². The summed E-state index contributed by atoms with van der Waals surface area (Å²) in [6.07, 6.45) is 5.85. The summed E-state index contributed by atoms with van der Waals surface area (Å²) in [5.74, 6) is 0.709. The van der Waals surface area contributed by atoms with Gasteiger partial charge in [-0.05, 0) is 38.0 Å². The Bertz CT molecular complexity index is 187. The Morgan fingerprint density at radius 2 is 2.00 bits per heavy atom. The maximum atomic E-state index is 9.70. The van der Waals surface area contributed by atoms with Gasteiger partial charge in [-0.3, -0.25) is 0 Å². The number of rotatable bonds is 3. The predicted molar refractivity (Wildman–Crippen MR) is 53.6 cm³/mol.